The molecule has 17 heavy (non-hydrogen) atoms. The summed E-state index contributed by atoms with van der Waals surface area (Å²) in [6.07, 6.45) is -4.36. The number of hydrogen-bond acceptors (Lipinski definition) is 1. The number of nitrogens with zero attached hydrogens (tertiary/aromatic N) is 1. The first kappa shape index (κ1) is 13.8. The number of halogens is 4. The van der Waals surface area contributed by atoms with Gasteiger partial charge in [0, 0.05) is 11.0 Å². The fourth-order valence-electron chi connectivity index (χ4n) is 1.12. The topological polar surface area (TPSA) is 50.4 Å². The first-order chi connectivity index (χ1) is 7.93. The molecule has 1 rings (SSSR count). The summed E-state index contributed by atoms with van der Waals surface area (Å²) in [5.74, 6) is 0.0868. The predicted molar refractivity (Wildman–Crippen MR) is 65.4 cm³/mol. The van der Waals surface area contributed by atoms with Crippen molar-refractivity contribution in [3.8, 4) is 0 Å². The smallest absolute Gasteiger partial charge is 0.370 e. The molecule has 0 aliphatic heterocycles. The zero-order chi connectivity index (χ0) is 12.9. The molecule has 0 fully saturated rings. The molecule has 0 spiro atoms. The van der Waals surface area contributed by atoms with Crippen LogP contribution in [0.2, 0.25) is 0 Å². The van der Waals surface area contributed by atoms with Gasteiger partial charge in [-0.25, -0.2) is 0 Å². The molecule has 3 N–H and O–H groups in total. The Balaban J connectivity index is 2.79. The van der Waals surface area contributed by atoms with Crippen molar-refractivity contribution < 1.29 is 13.2 Å². The van der Waals surface area contributed by atoms with Crippen molar-refractivity contribution in [3.05, 3.63) is 29.8 Å². The Hall–Kier alpha value is -1.24. The summed E-state index contributed by atoms with van der Waals surface area (Å²) in [6, 6.07) is 4.78. The highest BCUT2D eigenvalue weighted by atomic mass is 79.9. The van der Waals surface area contributed by atoms with Crippen molar-refractivity contribution in [1.82, 2.24) is 0 Å². The van der Waals surface area contributed by atoms with Gasteiger partial charge in [0.05, 0.1) is 12.1 Å². The Morgan fingerprint density at radius 3 is 2.71 bits per heavy atom. The maximum atomic E-state index is 12.4. The van der Waals surface area contributed by atoms with Crippen molar-refractivity contribution in [3.63, 3.8) is 0 Å². The van der Waals surface area contributed by atoms with E-state index < -0.39 is 11.7 Å². The zero-order valence-electron chi connectivity index (χ0n) is 8.76. The van der Waals surface area contributed by atoms with Crippen LogP contribution in [-0.2, 0) is 6.18 Å². The molecule has 3 nitrogen and oxygen atoms in total. The van der Waals surface area contributed by atoms with Crippen LogP contribution in [0.4, 0.5) is 18.9 Å². The Bertz CT molecular complexity index is 404. The Morgan fingerprint density at radius 2 is 2.12 bits per heavy atom. The van der Waals surface area contributed by atoms with Crippen molar-refractivity contribution >= 4 is 27.6 Å². The van der Waals surface area contributed by atoms with Gasteiger partial charge in [0.25, 0.3) is 0 Å². The lowest BCUT2D eigenvalue weighted by molar-refractivity contribution is -0.137. The molecular weight excluding hydrogens is 299 g/mol. The summed E-state index contributed by atoms with van der Waals surface area (Å²) >= 11 is 3.16. The van der Waals surface area contributed by atoms with Crippen LogP contribution < -0.4 is 11.1 Å². The normalized spacial score (nSPS) is 12.6. The molecule has 0 heterocycles. The lowest BCUT2D eigenvalue weighted by atomic mass is 10.2. The minimum atomic E-state index is -4.36. The highest BCUT2D eigenvalue weighted by Crippen LogP contribution is 2.30. The number of nitrogens with two attached hydrogens (primary N) is 1. The number of nitrogens with one attached hydrogen (secondary N) is 1. The molecule has 0 aromatic heterocycles. The van der Waals surface area contributed by atoms with Crippen LogP contribution in [0.15, 0.2) is 29.3 Å². The molecule has 0 saturated carbocycles. The number of guanidine groups is 1. The average molecular weight is 310 g/mol. The highest BCUT2D eigenvalue weighted by Gasteiger charge is 2.30. The van der Waals surface area contributed by atoms with Gasteiger partial charge in [0.2, 0.25) is 0 Å². The summed E-state index contributed by atoms with van der Waals surface area (Å²) < 4.78 is 37.2. The fourth-order valence-corrected chi connectivity index (χ4v) is 1.30. The predicted octanol–water partition coefficient (Wildman–Crippen LogP) is 2.83. The van der Waals surface area contributed by atoms with Crippen molar-refractivity contribution in [2.75, 3.05) is 17.2 Å². The molecular formula is C10H11BrF3N3. The number of rotatable bonds is 3. The van der Waals surface area contributed by atoms with Crippen LogP contribution >= 0.6 is 15.9 Å². The molecule has 1 aromatic rings. The van der Waals surface area contributed by atoms with E-state index in [0.29, 0.717) is 11.9 Å². The quantitative estimate of drug-likeness (QED) is 0.512. The molecule has 0 radical (unpaired) electrons. The zero-order valence-corrected chi connectivity index (χ0v) is 10.3. The highest BCUT2D eigenvalue weighted by molar-refractivity contribution is 9.09. The van der Waals surface area contributed by atoms with Gasteiger partial charge < -0.3 is 11.1 Å². The molecule has 0 amide bonds. The Labute approximate surface area is 105 Å². The van der Waals surface area contributed by atoms with Crippen LogP contribution in [0.1, 0.15) is 5.56 Å². The third kappa shape index (κ3) is 4.64. The third-order valence-corrected chi connectivity index (χ3v) is 2.18. The molecule has 7 heteroatoms. The number of hydrogen-bond donors (Lipinski definition) is 2. The van der Waals surface area contributed by atoms with E-state index in [1.165, 1.54) is 12.1 Å². The second kappa shape index (κ2) is 5.90. The third-order valence-electron chi connectivity index (χ3n) is 1.83. The molecule has 94 valence electrons. The van der Waals surface area contributed by atoms with Gasteiger partial charge in [0.1, 0.15) is 0 Å². The molecule has 0 saturated heterocycles. The first-order valence-corrected chi connectivity index (χ1v) is 5.86. The monoisotopic (exact) mass is 309 g/mol. The number of alkyl halides is 4. The summed E-state index contributed by atoms with van der Waals surface area (Å²) in [4.78, 5) is 3.88. The Kier molecular flexibility index (Phi) is 4.80. The van der Waals surface area contributed by atoms with E-state index in [4.69, 9.17) is 5.73 Å². The minimum Gasteiger partial charge on any atom is -0.370 e. The van der Waals surface area contributed by atoms with Crippen molar-refractivity contribution in [1.29, 1.82) is 0 Å². The second-order valence-corrected chi connectivity index (χ2v) is 3.95. The van der Waals surface area contributed by atoms with Gasteiger partial charge in [-0.1, -0.05) is 22.0 Å². The number of benzene rings is 1. The van der Waals surface area contributed by atoms with Crippen LogP contribution in [0.25, 0.3) is 0 Å². The standard InChI is InChI=1S/C10H11BrF3N3/c11-4-5-16-9(15)17-8-3-1-2-7(6-8)10(12,13)14/h1-3,6H,4-5H2,(H3,15,16,17). The molecule has 0 aliphatic rings. The minimum absolute atomic E-state index is 0.0868. The molecule has 0 atom stereocenters. The van der Waals surface area contributed by atoms with Gasteiger partial charge in [0.15, 0.2) is 5.96 Å². The number of aliphatic imine (C=N–C) groups is 1. The van der Waals surface area contributed by atoms with Gasteiger partial charge in [-0.2, -0.15) is 13.2 Å². The van der Waals surface area contributed by atoms with Gasteiger partial charge in [-0.3, -0.25) is 4.99 Å². The Morgan fingerprint density at radius 1 is 1.41 bits per heavy atom. The van der Waals surface area contributed by atoms with E-state index in [1.54, 1.807) is 0 Å². The lowest BCUT2D eigenvalue weighted by Crippen LogP contribution is -2.23. The van der Waals surface area contributed by atoms with Gasteiger partial charge >= 0.3 is 6.18 Å². The SMILES string of the molecule is NC(=NCCBr)Nc1cccc(C(F)(F)F)c1. The van der Waals surface area contributed by atoms with E-state index in [2.05, 4.69) is 26.2 Å². The largest absolute Gasteiger partial charge is 0.416 e. The van der Waals surface area contributed by atoms with Crippen LogP contribution in [0.5, 0.6) is 0 Å². The molecule has 0 aliphatic carbocycles. The summed E-state index contributed by atoms with van der Waals surface area (Å²) in [7, 11) is 0. The molecule has 0 unspecified atom stereocenters. The van der Waals surface area contributed by atoms with E-state index >= 15 is 0 Å². The van der Waals surface area contributed by atoms with E-state index in [1.807, 2.05) is 0 Å². The van der Waals surface area contributed by atoms with Crippen molar-refractivity contribution in [2.45, 2.75) is 6.18 Å². The van der Waals surface area contributed by atoms with E-state index in [-0.39, 0.29) is 11.6 Å². The van der Waals surface area contributed by atoms with Crippen LogP contribution in [-0.4, -0.2) is 17.8 Å². The second-order valence-electron chi connectivity index (χ2n) is 3.16. The van der Waals surface area contributed by atoms with E-state index in [0.717, 1.165) is 12.1 Å². The summed E-state index contributed by atoms with van der Waals surface area (Å²) in [5.41, 5.74) is 5.02. The summed E-state index contributed by atoms with van der Waals surface area (Å²) in [6.45, 7) is 0.456. The molecule has 1 aromatic carbocycles. The maximum Gasteiger partial charge on any atom is 0.416 e. The lowest BCUT2D eigenvalue weighted by Gasteiger charge is -2.10. The van der Waals surface area contributed by atoms with Crippen molar-refractivity contribution in [2.24, 2.45) is 10.7 Å². The number of anilines is 1. The van der Waals surface area contributed by atoms with Gasteiger partial charge in [-0.15, -0.1) is 0 Å². The van der Waals surface area contributed by atoms with Crippen LogP contribution in [0, 0.1) is 0 Å². The maximum absolute atomic E-state index is 12.4. The average Bonchev–Trinajstić information content (AvgIpc) is 2.25. The van der Waals surface area contributed by atoms with E-state index in [9.17, 15) is 13.2 Å². The first-order valence-electron chi connectivity index (χ1n) is 4.73. The van der Waals surface area contributed by atoms with Gasteiger partial charge in [-0.05, 0) is 18.2 Å². The van der Waals surface area contributed by atoms with Crippen LogP contribution in [0.3, 0.4) is 0 Å². The summed E-state index contributed by atoms with van der Waals surface area (Å²) in [5, 5.41) is 3.23. The fraction of sp³-hybridized carbons (Fsp3) is 0.300. The molecule has 0 bridgehead atoms.